The molecule has 0 aliphatic rings. The van der Waals surface area contributed by atoms with Crippen molar-refractivity contribution in [3.05, 3.63) is 0 Å². The lowest BCUT2D eigenvalue weighted by Gasteiger charge is -2.18. The van der Waals surface area contributed by atoms with Crippen LogP contribution in [0.3, 0.4) is 0 Å². The number of carbonyl (C=O) groups is 2. The molecule has 0 N–H and O–H groups in total. The van der Waals surface area contributed by atoms with Gasteiger partial charge < -0.3 is 9.47 Å². The third-order valence-corrected chi connectivity index (χ3v) is 8.69. The molecule has 0 bridgehead atoms. The van der Waals surface area contributed by atoms with Crippen molar-refractivity contribution >= 4 is 11.9 Å². The normalized spacial score (nSPS) is 12.1. The van der Waals surface area contributed by atoms with Crippen molar-refractivity contribution in [1.29, 1.82) is 0 Å². The SMILES string of the molecule is CCCCCCCCCCCCCCCCCC(=O)OC(CCCCCCCCCCCCCCCC)C(=O)OC(C)C. The minimum atomic E-state index is -0.747. The molecule has 0 spiro atoms. The highest BCUT2D eigenvalue weighted by molar-refractivity contribution is 5.79. The maximum absolute atomic E-state index is 12.6. The van der Waals surface area contributed by atoms with Gasteiger partial charge in [-0.2, -0.15) is 0 Å². The quantitative estimate of drug-likeness (QED) is 0.0538. The summed E-state index contributed by atoms with van der Waals surface area (Å²) >= 11 is 0. The molecule has 0 heterocycles. The van der Waals surface area contributed by atoms with Crippen LogP contribution in [0.1, 0.15) is 227 Å². The van der Waals surface area contributed by atoms with Gasteiger partial charge in [0.25, 0.3) is 0 Å². The molecule has 1 unspecified atom stereocenters. The van der Waals surface area contributed by atoms with E-state index in [2.05, 4.69) is 13.8 Å². The zero-order valence-electron chi connectivity index (χ0n) is 29.7. The third-order valence-electron chi connectivity index (χ3n) is 8.69. The predicted molar refractivity (Wildman–Crippen MR) is 186 cm³/mol. The first kappa shape index (κ1) is 41.9. The van der Waals surface area contributed by atoms with Crippen LogP contribution >= 0.6 is 0 Å². The standard InChI is InChI=1S/C39H76O4/c1-5-7-9-11-13-15-17-19-21-23-25-27-29-31-33-35-38(40)43-37(39(41)42-36(3)4)34-32-30-28-26-24-22-20-18-16-14-12-10-8-6-2/h36-37H,5-35H2,1-4H3. The highest BCUT2D eigenvalue weighted by Gasteiger charge is 2.24. The van der Waals surface area contributed by atoms with E-state index in [1.54, 1.807) is 0 Å². The van der Waals surface area contributed by atoms with Crippen LogP contribution in [0.25, 0.3) is 0 Å². The van der Waals surface area contributed by atoms with Crippen molar-refractivity contribution < 1.29 is 19.1 Å². The lowest BCUT2D eigenvalue weighted by Crippen LogP contribution is -2.31. The van der Waals surface area contributed by atoms with Gasteiger partial charge in [0.2, 0.25) is 0 Å². The molecule has 0 amide bonds. The Balaban J connectivity index is 3.83. The van der Waals surface area contributed by atoms with Crippen molar-refractivity contribution in [1.82, 2.24) is 0 Å². The van der Waals surface area contributed by atoms with E-state index in [1.807, 2.05) is 13.8 Å². The van der Waals surface area contributed by atoms with Gasteiger partial charge in [-0.15, -0.1) is 0 Å². The molecule has 0 aromatic heterocycles. The Kier molecular flexibility index (Phi) is 33.0. The number of ether oxygens (including phenoxy) is 2. The molecule has 0 rings (SSSR count). The van der Waals surface area contributed by atoms with Gasteiger partial charge in [0.1, 0.15) is 0 Å². The average molecular weight is 609 g/mol. The summed E-state index contributed by atoms with van der Waals surface area (Å²) in [5.74, 6) is -0.625. The molecule has 4 heteroatoms. The zero-order chi connectivity index (χ0) is 31.6. The predicted octanol–water partition coefficient (Wildman–Crippen LogP) is 13.0. The van der Waals surface area contributed by atoms with Crippen molar-refractivity contribution in [2.75, 3.05) is 0 Å². The monoisotopic (exact) mass is 609 g/mol. The topological polar surface area (TPSA) is 52.6 Å². The summed E-state index contributed by atoms with van der Waals surface area (Å²) < 4.78 is 11.0. The second kappa shape index (κ2) is 33.8. The Hall–Kier alpha value is -1.06. The van der Waals surface area contributed by atoms with E-state index in [4.69, 9.17) is 9.47 Å². The van der Waals surface area contributed by atoms with E-state index in [0.29, 0.717) is 12.8 Å². The van der Waals surface area contributed by atoms with Gasteiger partial charge in [-0.1, -0.05) is 187 Å². The number of hydrogen-bond acceptors (Lipinski definition) is 4. The van der Waals surface area contributed by atoms with Gasteiger partial charge in [-0.05, 0) is 33.1 Å². The molecule has 0 aliphatic heterocycles. The number of unbranched alkanes of at least 4 members (excludes halogenated alkanes) is 27. The molecule has 0 aliphatic carbocycles. The minimum Gasteiger partial charge on any atom is -0.460 e. The fourth-order valence-corrected chi connectivity index (χ4v) is 5.92. The first-order chi connectivity index (χ1) is 21.0. The first-order valence-corrected chi connectivity index (χ1v) is 19.4. The summed E-state index contributed by atoms with van der Waals surface area (Å²) in [5, 5.41) is 0. The Morgan fingerprint density at radius 1 is 0.419 bits per heavy atom. The van der Waals surface area contributed by atoms with Crippen LogP contribution in [-0.2, 0) is 19.1 Å². The largest absolute Gasteiger partial charge is 0.460 e. The molecule has 4 nitrogen and oxygen atoms in total. The molecular formula is C39H76O4. The van der Waals surface area contributed by atoms with Crippen LogP contribution in [-0.4, -0.2) is 24.1 Å². The molecule has 0 saturated heterocycles. The molecule has 0 fully saturated rings. The average Bonchev–Trinajstić information content (AvgIpc) is 2.98. The molecule has 0 aromatic rings. The van der Waals surface area contributed by atoms with Gasteiger partial charge >= 0.3 is 11.9 Å². The van der Waals surface area contributed by atoms with Gasteiger partial charge in [0.15, 0.2) is 6.10 Å². The van der Waals surface area contributed by atoms with Gasteiger partial charge in [-0.25, -0.2) is 4.79 Å². The van der Waals surface area contributed by atoms with Crippen LogP contribution in [0, 0.1) is 0 Å². The molecule has 256 valence electrons. The van der Waals surface area contributed by atoms with E-state index in [0.717, 1.165) is 25.7 Å². The molecule has 1 atom stereocenters. The van der Waals surface area contributed by atoms with Crippen LogP contribution in [0.2, 0.25) is 0 Å². The van der Waals surface area contributed by atoms with Gasteiger partial charge in [0, 0.05) is 6.42 Å². The molecular weight excluding hydrogens is 532 g/mol. The summed E-state index contributed by atoms with van der Waals surface area (Å²) in [5.41, 5.74) is 0. The Labute approximate surface area is 269 Å². The second-order valence-corrected chi connectivity index (χ2v) is 13.5. The van der Waals surface area contributed by atoms with Gasteiger partial charge in [0.05, 0.1) is 6.10 Å². The van der Waals surface area contributed by atoms with Crippen LogP contribution in [0.5, 0.6) is 0 Å². The minimum absolute atomic E-state index is 0.194. The zero-order valence-corrected chi connectivity index (χ0v) is 29.7. The fraction of sp³-hybridized carbons (Fsp3) is 0.949. The smallest absolute Gasteiger partial charge is 0.347 e. The Morgan fingerprint density at radius 3 is 1.05 bits per heavy atom. The van der Waals surface area contributed by atoms with Crippen LogP contribution < -0.4 is 0 Å². The Morgan fingerprint density at radius 2 is 0.721 bits per heavy atom. The maximum atomic E-state index is 12.6. The summed E-state index contributed by atoms with van der Waals surface area (Å²) in [6.45, 7) is 8.24. The summed E-state index contributed by atoms with van der Waals surface area (Å²) in [6.07, 6.45) is 37.8. The van der Waals surface area contributed by atoms with Crippen molar-refractivity contribution in [3.8, 4) is 0 Å². The van der Waals surface area contributed by atoms with E-state index < -0.39 is 6.10 Å². The summed E-state index contributed by atoms with van der Waals surface area (Å²) in [4.78, 5) is 25.1. The number of carbonyl (C=O) groups excluding carboxylic acids is 2. The third kappa shape index (κ3) is 32.2. The Bertz CT molecular complexity index is 588. The van der Waals surface area contributed by atoms with E-state index in [-0.39, 0.29) is 18.0 Å². The highest BCUT2D eigenvalue weighted by Crippen LogP contribution is 2.17. The van der Waals surface area contributed by atoms with Crippen molar-refractivity contribution in [3.63, 3.8) is 0 Å². The van der Waals surface area contributed by atoms with E-state index in [1.165, 1.54) is 161 Å². The fourth-order valence-electron chi connectivity index (χ4n) is 5.92. The molecule has 0 radical (unpaired) electrons. The lowest BCUT2D eigenvalue weighted by atomic mass is 10.0. The first-order valence-electron chi connectivity index (χ1n) is 19.4. The molecule has 43 heavy (non-hydrogen) atoms. The lowest BCUT2D eigenvalue weighted by molar-refractivity contribution is -0.171. The van der Waals surface area contributed by atoms with Crippen molar-refractivity contribution in [2.24, 2.45) is 0 Å². The second-order valence-electron chi connectivity index (χ2n) is 13.5. The summed E-state index contributed by atoms with van der Waals surface area (Å²) in [7, 11) is 0. The molecule has 0 aromatic carbocycles. The highest BCUT2D eigenvalue weighted by atomic mass is 16.6. The van der Waals surface area contributed by atoms with Crippen LogP contribution in [0.15, 0.2) is 0 Å². The maximum Gasteiger partial charge on any atom is 0.347 e. The number of hydrogen-bond donors (Lipinski definition) is 0. The van der Waals surface area contributed by atoms with Gasteiger partial charge in [-0.3, -0.25) is 4.79 Å². The summed E-state index contributed by atoms with van der Waals surface area (Å²) in [6, 6.07) is 0. The number of rotatable bonds is 34. The molecule has 0 saturated carbocycles. The number of esters is 2. The van der Waals surface area contributed by atoms with Crippen molar-refractivity contribution in [2.45, 2.75) is 239 Å². The van der Waals surface area contributed by atoms with Crippen LogP contribution in [0.4, 0.5) is 0 Å². The van der Waals surface area contributed by atoms with E-state index >= 15 is 0 Å². The van der Waals surface area contributed by atoms with E-state index in [9.17, 15) is 9.59 Å².